The summed E-state index contributed by atoms with van der Waals surface area (Å²) in [5.41, 5.74) is 1.92. The van der Waals surface area contributed by atoms with Crippen LogP contribution in [0.1, 0.15) is 17.7 Å². The van der Waals surface area contributed by atoms with Crippen LogP contribution in [0.15, 0.2) is 53.7 Å². The predicted octanol–water partition coefficient (Wildman–Crippen LogP) is 4.17. The summed E-state index contributed by atoms with van der Waals surface area (Å²) in [4.78, 5) is 0. The largest absolute Gasteiger partial charge is 0.497 e. The van der Waals surface area contributed by atoms with Gasteiger partial charge in [-0.3, -0.25) is 0 Å². The van der Waals surface area contributed by atoms with Gasteiger partial charge in [-0.25, -0.2) is 4.68 Å². The van der Waals surface area contributed by atoms with E-state index in [1.165, 1.54) is 16.4 Å². The molecule has 1 atom stereocenters. The van der Waals surface area contributed by atoms with E-state index in [4.69, 9.17) is 22.2 Å². The molecule has 5 nitrogen and oxygen atoms in total. The number of rotatable bonds is 5. The standard InChI is InChI=1S/C17H17ClN4OS/c1-11(14-5-3-4-6-15(14)18)24-17-21-20-16(22(17)19)12-7-9-13(23-2)10-8-12/h3-11H,19H2,1-2H3/t11-/m0/s1. The monoisotopic (exact) mass is 360 g/mol. The van der Waals surface area contributed by atoms with Gasteiger partial charge in [-0.05, 0) is 42.8 Å². The predicted molar refractivity (Wildman–Crippen MR) is 97.9 cm³/mol. The number of nitrogens with two attached hydrogens (primary N) is 1. The van der Waals surface area contributed by atoms with Crippen LogP contribution < -0.4 is 10.6 Å². The number of aromatic nitrogens is 3. The average Bonchev–Trinajstić information content (AvgIpc) is 2.96. The molecule has 24 heavy (non-hydrogen) atoms. The number of thioether (sulfide) groups is 1. The molecule has 7 heteroatoms. The third kappa shape index (κ3) is 3.34. The zero-order chi connectivity index (χ0) is 17.1. The van der Waals surface area contributed by atoms with Crippen molar-refractivity contribution in [1.82, 2.24) is 14.9 Å². The Balaban J connectivity index is 1.83. The van der Waals surface area contributed by atoms with Crippen LogP contribution >= 0.6 is 23.4 Å². The van der Waals surface area contributed by atoms with E-state index in [1.54, 1.807) is 7.11 Å². The van der Waals surface area contributed by atoms with E-state index in [-0.39, 0.29) is 5.25 Å². The molecule has 0 aliphatic rings. The van der Waals surface area contributed by atoms with Crippen LogP contribution in [0, 0.1) is 0 Å². The van der Waals surface area contributed by atoms with Crippen molar-refractivity contribution < 1.29 is 4.74 Å². The first-order valence-corrected chi connectivity index (χ1v) is 8.62. The molecular weight excluding hydrogens is 344 g/mol. The lowest BCUT2D eigenvalue weighted by Gasteiger charge is -2.12. The highest BCUT2D eigenvalue weighted by atomic mass is 35.5. The Hall–Kier alpha value is -2.18. The van der Waals surface area contributed by atoms with Crippen LogP contribution in [0.25, 0.3) is 11.4 Å². The zero-order valence-corrected chi connectivity index (χ0v) is 14.9. The molecule has 0 saturated carbocycles. The molecule has 0 spiro atoms. The molecule has 0 bridgehead atoms. The number of hydrogen-bond donors (Lipinski definition) is 1. The molecule has 1 heterocycles. The minimum Gasteiger partial charge on any atom is -0.497 e. The molecule has 2 N–H and O–H groups in total. The van der Waals surface area contributed by atoms with Gasteiger partial charge in [0, 0.05) is 15.8 Å². The lowest BCUT2D eigenvalue weighted by atomic mass is 10.2. The van der Waals surface area contributed by atoms with E-state index in [0.29, 0.717) is 11.0 Å². The van der Waals surface area contributed by atoms with Crippen molar-refractivity contribution in [1.29, 1.82) is 0 Å². The third-order valence-corrected chi connectivity index (χ3v) is 5.08. The minimum atomic E-state index is 0.105. The number of hydrogen-bond acceptors (Lipinski definition) is 5. The maximum atomic E-state index is 6.26. The van der Waals surface area contributed by atoms with Crippen molar-refractivity contribution in [3.8, 4) is 17.1 Å². The van der Waals surface area contributed by atoms with Gasteiger partial charge in [0.15, 0.2) is 5.82 Å². The minimum absolute atomic E-state index is 0.105. The Bertz CT molecular complexity index is 835. The molecule has 2 aromatic carbocycles. The van der Waals surface area contributed by atoms with Crippen LogP contribution in [-0.4, -0.2) is 22.0 Å². The van der Waals surface area contributed by atoms with Gasteiger partial charge in [-0.2, -0.15) is 0 Å². The van der Waals surface area contributed by atoms with Crippen LogP contribution in [0.4, 0.5) is 0 Å². The summed E-state index contributed by atoms with van der Waals surface area (Å²) < 4.78 is 6.66. The second kappa shape index (κ2) is 7.15. The Morgan fingerprint density at radius 2 is 1.83 bits per heavy atom. The van der Waals surface area contributed by atoms with E-state index in [0.717, 1.165) is 21.9 Å². The Labute approximate surface area is 149 Å². The normalized spacial score (nSPS) is 12.1. The average molecular weight is 361 g/mol. The van der Waals surface area contributed by atoms with Crippen LogP contribution in [0.2, 0.25) is 5.02 Å². The molecule has 0 amide bonds. The molecule has 3 rings (SSSR count). The Morgan fingerprint density at radius 3 is 2.50 bits per heavy atom. The highest BCUT2D eigenvalue weighted by Gasteiger charge is 2.17. The summed E-state index contributed by atoms with van der Waals surface area (Å²) in [7, 11) is 1.63. The lowest BCUT2D eigenvalue weighted by molar-refractivity contribution is 0.415. The summed E-state index contributed by atoms with van der Waals surface area (Å²) in [6.07, 6.45) is 0. The van der Waals surface area contributed by atoms with Gasteiger partial charge in [-0.1, -0.05) is 41.6 Å². The SMILES string of the molecule is COc1ccc(-c2nnc(S[C@@H](C)c3ccccc3Cl)n2N)cc1. The van der Waals surface area contributed by atoms with E-state index in [9.17, 15) is 0 Å². The summed E-state index contributed by atoms with van der Waals surface area (Å²) in [5, 5.41) is 9.88. The molecule has 0 aliphatic carbocycles. The summed E-state index contributed by atoms with van der Waals surface area (Å²) in [6.45, 7) is 2.06. The molecule has 3 aromatic rings. The van der Waals surface area contributed by atoms with Crippen molar-refractivity contribution in [2.24, 2.45) is 0 Å². The number of methoxy groups -OCH3 is 1. The first kappa shape index (κ1) is 16.7. The van der Waals surface area contributed by atoms with Crippen molar-refractivity contribution in [2.75, 3.05) is 13.0 Å². The number of benzene rings is 2. The van der Waals surface area contributed by atoms with Crippen molar-refractivity contribution in [3.63, 3.8) is 0 Å². The Morgan fingerprint density at radius 1 is 1.12 bits per heavy atom. The fourth-order valence-corrected chi connectivity index (χ4v) is 3.62. The number of nitrogen functional groups attached to an aromatic ring is 1. The quantitative estimate of drug-likeness (QED) is 0.546. The molecule has 0 saturated heterocycles. The number of nitrogens with zero attached hydrogens (tertiary/aromatic N) is 3. The van der Waals surface area contributed by atoms with Crippen molar-refractivity contribution in [2.45, 2.75) is 17.3 Å². The van der Waals surface area contributed by atoms with E-state index < -0.39 is 0 Å². The topological polar surface area (TPSA) is 66.0 Å². The smallest absolute Gasteiger partial charge is 0.210 e. The van der Waals surface area contributed by atoms with E-state index >= 15 is 0 Å². The van der Waals surface area contributed by atoms with Gasteiger partial charge >= 0.3 is 0 Å². The van der Waals surface area contributed by atoms with Crippen LogP contribution in [0.3, 0.4) is 0 Å². The summed E-state index contributed by atoms with van der Waals surface area (Å²) in [6, 6.07) is 15.3. The molecule has 124 valence electrons. The van der Waals surface area contributed by atoms with Crippen LogP contribution in [0.5, 0.6) is 5.75 Å². The van der Waals surface area contributed by atoms with Gasteiger partial charge in [-0.15, -0.1) is 10.2 Å². The van der Waals surface area contributed by atoms with Gasteiger partial charge < -0.3 is 10.6 Å². The molecule has 0 radical (unpaired) electrons. The van der Waals surface area contributed by atoms with Crippen molar-refractivity contribution >= 4 is 23.4 Å². The fraction of sp³-hybridized carbons (Fsp3) is 0.176. The second-order valence-electron chi connectivity index (χ2n) is 5.19. The maximum absolute atomic E-state index is 6.26. The van der Waals surface area contributed by atoms with Gasteiger partial charge in [0.05, 0.1) is 7.11 Å². The summed E-state index contributed by atoms with van der Waals surface area (Å²) >= 11 is 7.77. The highest BCUT2D eigenvalue weighted by molar-refractivity contribution is 7.99. The second-order valence-corrected chi connectivity index (χ2v) is 6.90. The zero-order valence-electron chi connectivity index (χ0n) is 13.3. The number of ether oxygens (including phenoxy) is 1. The van der Waals surface area contributed by atoms with Crippen molar-refractivity contribution in [3.05, 3.63) is 59.1 Å². The molecule has 1 aromatic heterocycles. The highest BCUT2D eigenvalue weighted by Crippen LogP contribution is 2.37. The first-order chi connectivity index (χ1) is 11.6. The van der Waals surface area contributed by atoms with Gasteiger partial charge in [0.2, 0.25) is 5.16 Å². The third-order valence-electron chi connectivity index (χ3n) is 3.64. The Kier molecular flexibility index (Phi) is 4.97. The van der Waals surface area contributed by atoms with Gasteiger partial charge in [0.25, 0.3) is 0 Å². The molecule has 0 fully saturated rings. The summed E-state index contributed by atoms with van der Waals surface area (Å²) in [5.74, 6) is 7.56. The first-order valence-electron chi connectivity index (χ1n) is 7.36. The van der Waals surface area contributed by atoms with E-state index in [1.807, 2.05) is 48.5 Å². The van der Waals surface area contributed by atoms with Crippen LogP contribution in [-0.2, 0) is 0 Å². The fourth-order valence-electron chi connectivity index (χ4n) is 2.32. The molecular formula is C17H17ClN4OS. The van der Waals surface area contributed by atoms with Gasteiger partial charge in [0.1, 0.15) is 5.75 Å². The van der Waals surface area contributed by atoms with E-state index in [2.05, 4.69) is 17.1 Å². The molecule has 0 aliphatic heterocycles. The lowest BCUT2D eigenvalue weighted by Crippen LogP contribution is -2.12. The number of halogens is 1. The molecule has 0 unspecified atom stereocenters. The maximum Gasteiger partial charge on any atom is 0.210 e.